The molecule has 0 N–H and O–H groups in total. The van der Waals surface area contributed by atoms with Gasteiger partial charge in [0.05, 0.1) is 4.88 Å². The molecule has 0 unspecified atom stereocenters. The molecule has 1 aliphatic heterocycles. The topological polar surface area (TPSA) is 34.9 Å². The smallest absolute Gasteiger partial charge is 0.238 e. The molecule has 0 fully saturated rings. The van der Waals surface area contributed by atoms with Crippen molar-refractivity contribution in [2.45, 2.75) is 32.1 Å². The van der Waals surface area contributed by atoms with Crippen LogP contribution >= 0.6 is 23.1 Å². The molecule has 0 spiro atoms. The molecule has 0 atom stereocenters. The second-order valence-electron chi connectivity index (χ2n) is 4.64. The monoisotopic (exact) mass is 292 g/mol. The van der Waals surface area contributed by atoms with E-state index in [2.05, 4.69) is 18.0 Å². The highest BCUT2D eigenvalue weighted by molar-refractivity contribution is 7.98. The SMILES string of the molecule is CCCn1ccnc1C(=O)c1cc2c(s1)CCSC2. The van der Waals surface area contributed by atoms with Crippen molar-refractivity contribution >= 4 is 28.9 Å². The van der Waals surface area contributed by atoms with E-state index < -0.39 is 0 Å². The van der Waals surface area contributed by atoms with Gasteiger partial charge in [0.15, 0.2) is 5.82 Å². The summed E-state index contributed by atoms with van der Waals surface area (Å²) in [6.45, 7) is 2.96. The van der Waals surface area contributed by atoms with E-state index in [4.69, 9.17) is 0 Å². The van der Waals surface area contributed by atoms with E-state index in [-0.39, 0.29) is 5.78 Å². The highest BCUT2D eigenvalue weighted by atomic mass is 32.2. The minimum absolute atomic E-state index is 0.0721. The van der Waals surface area contributed by atoms with E-state index in [0.717, 1.165) is 30.0 Å². The molecular weight excluding hydrogens is 276 g/mol. The van der Waals surface area contributed by atoms with Crippen LogP contribution in [0.1, 0.15) is 39.3 Å². The number of ketones is 1. The van der Waals surface area contributed by atoms with Gasteiger partial charge >= 0.3 is 0 Å². The summed E-state index contributed by atoms with van der Waals surface area (Å²) in [4.78, 5) is 19.0. The van der Waals surface area contributed by atoms with Crippen molar-refractivity contribution in [1.29, 1.82) is 0 Å². The van der Waals surface area contributed by atoms with Crippen molar-refractivity contribution in [1.82, 2.24) is 9.55 Å². The van der Waals surface area contributed by atoms with Crippen molar-refractivity contribution in [2.24, 2.45) is 0 Å². The summed E-state index contributed by atoms with van der Waals surface area (Å²) in [5.41, 5.74) is 1.35. The zero-order valence-electron chi connectivity index (χ0n) is 10.9. The Morgan fingerprint density at radius 3 is 3.21 bits per heavy atom. The Morgan fingerprint density at radius 1 is 1.53 bits per heavy atom. The Balaban J connectivity index is 1.91. The number of hydrogen-bond acceptors (Lipinski definition) is 4. The van der Waals surface area contributed by atoms with E-state index in [1.54, 1.807) is 17.5 Å². The van der Waals surface area contributed by atoms with Gasteiger partial charge in [0, 0.05) is 29.6 Å². The lowest BCUT2D eigenvalue weighted by Gasteiger charge is -2.08. The number of aromatic nitrogens is 2. The van der Waals surface area contributed by atoms with E-state index in [1.807, 2.05) is 22.5 Å². The van der Waals surface area contributed by atoms with Crippen molar-refractivity contribution in [2.75, 3.05) is 5.75 Å². The molecule has 0 saturated carbocycles. The number of aryl methyl sites for hydroxylation is 2. The molecular formula is C14H16N2OS2. The fourth-order valence-corrected chi connectivity index (χ4v) is 4.62. The Kier molecular flexibility index (Phi) is 3.75. The first-order valence-electron chi connectivity index (χ1n) is 6.54. The molecule has 0 bridgehead atoms. The molecule has 3 heterocycles. The summed E-state index contributed by atoms with van der Waals surface area (Å²) in [6.07, 6.45) is 5.71. The lowest BCUT2D eigenvalue weighted by Crippen LogP contribution is -2.10. The van der Waals surface area contributed by atoms with Crippen LogP contribution in [-0.2, 0) is 18.7 Å². The van der Waals surface area contributed by atoms with Crippen molar-refractivity contribution in [3.63, 3.8) is 0 Å². The van der Waals surface area contributed by atoms with Gasteiger partial charge in [-0.25, -0.2) is 4.98 Å². The molecule has 0 aromatic carbocycles. The fraction of sp³-hybridized carbons (Fsp3) is 0.429. The number of thiophene rings is 1. The quantitative estimate of drug-likeness (QED) is 0.810. The lowest BCUT2D eigenvalue weighted by atomic mass is 10.2. The zero-order valence-corrected chi connectivity index (χ0v) is 12.5. The fourth-order valence-electron chi connectivity index (χ4n) is 2.31. The zero-order chi connectivity index (χ0) is 13.2. The molecule has 0 aliphatic carbocycles. The number of nitrogens with zero attached hydrogens (tertiary/aromatic N) is 2. The van der Waals surface area contributed by atoms with Gasteiger partial charge in [-0.3, -0.25) is 4.79 Å². The Morgan fingerprint density at radius 2 is 2.42 bits per heavy atom. The van der Waals surface area contributed by atoms with Crippen molar-refractivity contribution in [3.8, 4) is 0 Å². The second kappa shape index (κ2) is 5.51. The minimum Gasteiger partial charge on any atom is -0.328 e. The average molecular weight is 292 g/mol. The first-order chi connectivity index (χ1) is 9.29. The van der Waals surface area contributed by atoms with Gasteiger partial charge in [-0.1, -0.05) is 6.92 Å². The summed E-state index contributed by atoms with van der Waals surface area (Å²) in [7, 11) is 0. The predicted octanol–water partition coefficient (Wildman–Crippen LogP) is 3.37. The normalized spacial score (nSPS) is 14.4. The number of rotatable bonds is 4. The molecule has 0 radical (unpaired) electrons. The van der Waals surface area contributed by atoms with Gasteiger partial charge in [0.1, 0.15) is 0 Å². The number of imidazole rings is 1. The molecule has 100 valence electrons. The average Bonchev–Trinajstić information content (AvgIpc) is 3.04. The van der Waals surface area contributed by atoms with Crippen LogP contribution in [0.4, 0.5) is 0 Å². The van der Waals surface area contributed by atoms with Gasteiger partial charge in [0.25, 0.3) is 0 Å². The highest BCUT2D eigenvalue weighted by Gasteiger charge is 2.21. The largest absolute Gasteiger partial charge is 0.328 e. The van der Waals surface area contributed by atoms with Crippen LogP contribution in [0.3, 0.4) is 0 Å². The molecule has 3 nitrogen and oxygen atoms in total. The van der Waals surface area contributed by atoms with Gasteiger partial charge < -0.3 is 4.57 Å². The van der Waals surface area contributed by atoms with Gasteiger partial charge in [-0.15, -0.1) is 11.3 Å². The third kappa shape index (κ3) is 2.49. The lowest BCUT2D eigenvalue weighted by molar-refractivity contribution is 0.102. The van der Waals surface area contributed by atoms with Crippen molar-refractivity contribution < 1.29 is 4.79 Å². The number of carbonyl (C=O) groups is 1. The summed E-state index contributed by atoms with van der Waals surface area (Å²) < 4.78 is 1.95. The van der Waals surface area contributed by atoms with Crippen LogP contribution in [0.15, 0.2) is 18.5 Å². The maximum Gasteiger partial charge on any atom is 0.238 e. The molecule has 2 aromatic heterocycles. The summed E-state index contributed by atoms with van der Waals surface area (Å²) in [5, 5.41) is 0. The summed E-state index contributed by atoms with van der Waals surface area (Å²) >= 11 is 3.60. The van der Waals surface area contributed by atoms with Gasteiger partial charge in [-0.2, -0.15) is 11.8 Å². The maximum atomic E-state index is 12.5. The van der Waals surface area contributed by atoms with E-state index in [0.29, 0.717) is 5.82 Å². The minimum atomic E-state index is 0.0721. The van der Waals surface area contributed by atoms with Crippen LogP contribution in [0.2, 0.25) is 0 Å². The second-order valence-corrected chi connectivity index (χ2v) is 6.88. The maximum absolute atomic E-state index is 12.5. The van der Waals surface area contributed by atoms with E-state index in [1.165, 1.54) is 16.2 Å². The molecule has 3 rings (SSSR count). The number of fused-ring (bicyclic) bond motifs is 1. The van der Waals surface area contributed by atoms with Crippen LogP contribution in [0.25, 0.3) is 0 Å². The molecule has 0 amide bonds. The van der Waals surface area contributed by atoms with Crippen LogP contribution in [0, 0.1) is 0 Å². The Bertz CT molecular complexity index is 577. The molecule has 5 heteroatoms. The first-order valence-corrected chi connectivity index (χ1v) is 8.52. The van der Waals surface area contributed by atoms with Crippen LogP contribution in [-0.4, -0.2) is 21.1 Å². The van der Waals surface area contributed by atoms with Crippen LogP contribution < -0.4 is 0 Å². The van der Waals surface area contributed by atoms with Crippen molar-refractivity contribution in [3.05, 3.63) is 39.6 Å². The Labute approximate surface area is 121 Å². The predicted molar refractivity (Wildman–Crippen MR) is 80.1 cm³/mol. The van der Waals surface area contributed by atoms with Gasteiger partial charge in [-0.05, 0) is 30.2 Å². The third-order valence-electron chi connectivity index (χ3n) is 3.23. The van der Waals surface area contributed by atoms with Gasteiger partial charge in [0.2, 0.25) is 5.78 Å². The number of carbonyl (C=O) groups excluding carboxylic acids is 1. The van der Waals surface area contributed by atoms with E-state index >= 15 is 0 Å². The molecule has 1 aliphatic rings. The standard InChI is InChI=1S/C14H16N2OS2/c1-2-5-16-6-4-15-14(16)13(17)12-8-10-9-18-7-3-11(10)19-12/h4,6,8H,2-3,5,7,9H2,1H3. The number of thioether (sulfide) groups is 1. The summed E-state index contributed by atoms with van der Waals surface area (Å²) in [5.74, 6) is 2.87. The third-order valence-corrected chi connectivity index (χ3v) is 5.48. The summed E-state index contributed by atoms with van der Waals surface area (Å²) in [6, 6.07) is 2.07. The van der Waals surface area contributed by atoms with Crippen LogP contribution in [0.5, 0.6) is 0 Å². The highest BCUT2D eigenvalue weighted by Crippen LogP contribution is 2.32. The van der Waals surface area contributed by atoms with E-state index in [9.17, 15) is 4.79 Å². The molecule has 19 heavy (non-hydrogen) atoms. The number of hydrogen-bond donors (Lipinski definition) is 0. The molecule has 0 saturated heterocycles. The first kappa shape index (κ1) is 12.9. The Hall–Kier alpha value is -1.07. The molecule has 2 aromatic rings.